The number of rotatable bonds is 3. The van der Waals surface area contributed by atoms with Gasteiger partial charge in [-0.15, -0.1) is 0 Å². The van der Waals surface area contributed by atoms with E-state index in [0.717, 1.165) is 38.1 Å². The summed E-state index contributed by atoms with van der Waals surface area (Å²) in [7, 11) is 1.77. The maximum absolute atomic E-state index is 12.2. The highest BCUT2D eigenvalue weighted by atomic mass is 16.6. The normalized spacial score (nSPS) is 21.5. The molecule has 4 heteroatoms. The average Bonchev–Trinajstić information content (AvgIpc) is 3.42. The van der Waals surface area contributed by atoms with Crippen molar-refractivity contribution in [3.63, 3.8) is 0 Å². The van der Waals surface area contributed by atoms with Crippen LogP contribution in [0.2, 0.25) is 0 Å². The summed E-state index contributed by atoms with van der Waals surface area (Å²) in [4.78, 5) is 14.0. The Labute approximate surface area is 162 Å². The second-order valence-electron chi connectivity index (χ2n) is 9.50. The van der Waals surface area contributed by atoms with Crippen molar-refractivity contribution in [2.24, 2.45) is 5.41 Å². The molecule has 2 fully saturated rings. The zero-order valence-electron chi connectivity index (χ0n) is 17.0. The Kier molecular flexibility index (Phi) is 4.48. The molecule has 0 bridgehead atoms. The summed E-state index contributed by atoms with van der Waals surface area (Å²) in [5.41, 5.74) is 3.89. The number of hydrogen-bond donors (Lipinski definition) is 0. The number of carbonyl (C=O) groups is 1. The number of amides is 1. The van der Waals surface area contributed by atoms with Crippen LogP contribution in [0, 0.1) is 5.41 Å². The van der Waals surface area contributed by atoms with Gasteiger partial charge in [0.2, 0.25) is 0 Å². The van der Waals surface area contributed by atoms with E-state index in [1.807, 2.05) is 25.7 Å². The smallest absolute Gasteiger partial charge is 0.410 e. The molecular weight excluding hydrogens is 338 g/mol. The average molecular weight is 370 g/mol. The van der Waals surface area contributed by atoms with Crippen LogP contribution < -0.4 is 4.74 Å². The van der Waals surface area contributed by atoms with E-state index in [-0.39, 0.29) is 11.5 Å². The topological polar surface area (TPSA) is 38.8 Å². The first kappa shape index (κ1) is 18.4. The molecule has 4 nitrogen and oxygen atoms in total. The van der Waals surface area contributed by atoms with E-state index < -0.39 is 5.60 Å². The molecule has 1 aromatic rings. The third-order valence-electron chi connectivity index (χ3n) is 6.03. The van der Waals surface area contributed by atoms with E-state index in [1.54, 1.807) is 7.11 Å². The predicted octanol–water partition coefficient (Wildman–Crippen LogP) is 5.38. The molecule has 0 unspecified atom stereocenters. The summed E-state index contributed by atoms with van der Waals surface area (Å²) >= 11 is 0. The van der Waals surface area contributed by atoms with E-state index in [0.29, 0.717) is 5.92 Å². The van der Waals surface area contributed by atoms with Gasteiger partial charge in [-0.2, -0.15) is 0 Å². The number of methoxy groups -OCH3 is 1. The molecule has 146 valence electrons. The predicted molar refractivity (Wildman–Crippen MR) is 107 cm³/mol. The molecule has 0 N–H and O–H groups in total. The lowest BCUT2D eigenvalue weighted by molar-refractivity contribution is -0.0371. The maximum Gasteiger partial charge on any atom is 0.410 e. The van der Waals surface area contributed by atoms with Gasteiger partial charge in [0.1, 0.15) is 11.4 Å². The summed E-state index contributed by atoms with van der Waals surface area (Å²) in [5, 5.41) is 0. The van der Waals surface area contributed by atoms with Gasteiger partial charge in [-0.1, -0.05) is 18.2 Å². The zero-order valence-corrected chi connectivity index (χ0v) is 17.0. The Morgan fingerprint density at radius 1 is 1.22 bits per heavy atom. The quantitative estimate of drug-likeness (QED) is 0.718. The molecule has 1 aliphatic heterocycles. The van der Waals surface area contributed by atoms with Gasteiger partial charge in [-0.25, -0.2) is 4.79 Å². The fourth-order valence-electron chi connectivity index (χ4n) is 4.35. The third kappa shape index (κ3) is 3.85. The van der Waals surface area contributed by atoms with Crippen LogP contribution in [0.4, 0.5) is 4.79 Å². The minimum Gasteiger partial charge on any atom is -0.496 e. The van der Waals surface area contributed by atoms with E-state index in [2.05, 4.69) is 24.3 Å². The summed E-state index contributed by atoms with van der Waals surface area (Å²) in [6.07, 6.45) is 8.00. The van der Waals surface area contributed by atoms with Gasteiger partial charge in [0.25, 0.3) is 0 Å². The first-order valence-corrected chi connectivity index (χ1v) is 10.1. The lowest BCUT2D eigenvalue weighted by Crippen LogP contribution is -2.59. The highest BCUT2D eigenvalue weighted by Crippen LogP contribution is 2.48. The molecule has 0 aromatic heterocycles. The SMILES string of the molecule is COc1cc(C2=CCC3(CC2)CN(C(=O)OC(C)(C)C)C3)ccc1C1CC1. The first-order chi connectivity index (χ1) is 12.8. The van der Waals surface area contributed by atoms with Crippen molar-refractivity contribution in [1.82, 2.24) is 4.90 Å². The third-order valence-corrected chi connectivity index (χ3v) is 6.03. The largest absolute Gasteiger partial charge is 0.496 e. The molecule has 0 atom stereocenters. The second kappa shape index (κ2) is 6.57. The number of likely N-dealkylation sites (tertiary alicyclic amines) is 1. The van der Waals surface area contributed by atoms with Gasteiger partial charge in [-0.3, -0.25) is 0 Å². The van der Waals surface area contributed by atoms with Gasteiger partial charge in [-0.05, 0) is 81.6 Å². The van der Waals surface area contributed by atoms with Crippen molar-refractivity contribution in [3.05, 3.63) is 35.4 Å². The second-order valence-corrected chi connectivity index (χ2v) is 9.50. The van der Waals surface area contributed by atoms with Crippen LogP contribution in [-0.4, -0.2) is 36.8 Å². The summed E-state index contributed by atoms with van der Waals surface area (Å²) < 4.78 is 11.1. The Morgan fingerprint density at radius 2 is 1.96 bits per heavy atom. The molecule has 2 aliphatic carbocycles. The summed E-state index contributed by atoms with van der Waals surface area (Å²) in [6.45, 7) is 7.38. The number of benzene rings is 1. The lowest BCUT2D eigenvalue weighted by Gasteiger charge is -2.51. The van der Waals surface area contributed by atoms with Crippen LogP contribution in [0.3, 0.4) is 0 Å². The molecule has 1 saturated carbocycles. The van der Waals surface area contributed by atoms with E-state index in [9.17, 15) is 4.79 Å². The summed E-state index contributed by atoms with van der Waals surface area (Å²) in [5.74, 6) is 1.74. The van der Waals surface area contributed by atoms with Gasteiger partial charge in [0.15, 0.2) is 0 Å². The molecule has 0 radical (unpaired) electrons. The van der Waals surface area contributed by atoms with Gasteiger partial charge in [0.05, 0.1) is 7.11 Å². The summed E-state index contributed by atoms with van der Waals surface area (Å²) in [6, 6.07) is 6.73. The van der Waals surface area contributed by atoms with Crippen molar-refractivity contribution in [3.8, 4) is 5.75 Å². The van der Waals surface area contributed by atoms with Crippen molar-refractivity contribution in [1.29, 1.82) is 0 Å². The molecule has 27 heavy (non-hydrogen) atoms. The highest BCUT2D eigenvalue weighted by Gasteiger charge is 2.46. The Balaban J connectivity index is 1.39. The molecule has 1 saturated heterocycles. The minimum absolute atomic E-state index is 0.177. The number of ether oxygens (including phenoxy) is 2. The van der Waals surface area contributed by atoms with Crippen molar-refractivity contribution in [2.45, 2.75) is 64.4 Å². The van der Waals surface area contributed by atoms with Gasteiger partial charge in [0, 0.05) is 18.5 Å². The Hall–Kier alpha value is -1.97. The Bertz CT molecular complexity index is 764. The van der Waals surface area contributed by atoms with Crippen molar-refractivity contribution in [2.75, 3.05) is 20.2 Å². The maximum atomic E-state index is 12.2. The molecule has 1 aromatic carbocycles. The molecule has 1 amide bonds. The van der Waals surface area contributed by atoms with Gasteiger partial charge < -0.3 is 14.4 Å². The van der Waals surface area contributed by atoms with Crippen LogP contribution in [0.25, 0.3) is 5.57 Å². The van der Waals surface area contributed by atoms with Crippen LogP contribution in [-0.2, 0) is 4.74 Å². The molecule has 3 aliphatic rings. The fourth-order valence-corrected chi connectivity index (χ4v) is 4.35. The van der Waals surface area contributed by atoms with Gasteiger partial charge >= 0.3 is 6.09 Å². The van der Waals surface area contributed by atoms with Crippen LogP contribution in [0.5, 0.6) is 5.75 Å². The number of hydrogen-bond acceptors (Lipinski definition) is 3. The minimum atomic E-state index is -0.425. The molecule has 4 rings (SSSR count). The Morgan fingerprint density at radius 3 is 2.52 bits per heavy atom. The van der Waals surface area contributed by atoms with Crippen molar-refractivity contribution < 1.29 is 14.3 Å². The lowest BCUT2D eigenvalue weighted by atomic mass is 9.69. The molecular formula is C23H31NO3. The molecule has 1 heterocycles. The van der Waals surface area contributed by atoms with E-state index in [1.165, 1.54) is 29.5 Å². The standard InChI is InChI=1S/C23H31NO3/c1-22(2,3)27-21(25)24-14-23(15-24)11-9-16(10-12-23)18-7-8-19(17-5-6-17)20(13-18)26-4/h7-9,13,17H,5-6,10-12,14-15H2,1-4H3. The van der Waals surface area contributed by atoms with E-state index >= 15 is 0 Å². The fraction of sp³-hybridized carbons (Fsp3) is 0.609. The van der Waals surface area contributed by atoms with Crippen LogP contribution in [0.1, 0.15) is 69.9 Å². The van der Waals surface area contributed by atoms with E-state index in [4.69, 9.17) is 9.47 Å². The van der Waals surface area contributed by atoms with Crippen molar-refractivity contribution >= 4 is 11.7 Å². The number of nitrogens with zero attached hydrogens (tertiary/aromatic N) is 1. The number of allylic oxidation sites excluding steroid dienone is 2. The first-order valence-electron chi connectivity index (χ1n) is 10.1. The monoisotopic (exact) mass is 369 g/mol. The number of carbonyl (C=O) groups excluding carboxylic acids is 1. The van der Waals surface area contributed by atoms with Crippen LogP contribution in [0.15, 0.2) is 24.3 Å². The zero-order chi connectivity index (χ0) is 19.2. The molecule has 1 spiro atoms. The van der Waals surface area contributed by atoms with Crippen LogP contribution >= 0.6 is 0 Å². The highest BCUT2D eigenvalue weighted by molar-refractivity contribution is 5.71.